The van der Waals surface area contributed by atoms with E-state index in [1.165, 1.54) is 0 Å². The summed E-state index contributed by atoms with van der Waals surface area (Å²) < 4.78 is 41.3. The third-order valence-electron chi connectivity index (χ3n) is 8.83. The number of likely N-dealkylation sites (tertiary alicyclic amines) is 1. The second kappa shape index (κ2) is 12.1. The molecular weight excluding hydrogens is 620 g/mol. The lowest BCUT2D eigenvalue weighted by molar-refractivity contribution is 0.0452. The molecule has 3 aromatic heterocycles. The van der Waals surface area contributed by atoms with E-state index in [2.05, 4.69) is 14.9 Å². The number of imidazole rings is 1. The lowest BCUT2D eigenvalue weighted by Crippen LogP contribution is -2.50. The third kappa shape index (κ3) is 6.54. The summed E-state index contributed by atoms with van der Waals surface area (Å²) in [6, 6.07) is 8.70. The highest BCUT2D eigenvalue weighted by atomic mass is 32.2. The number of hydrogen-bond donors (Lipinski definition) is 1. The van der Waals surface area contributed by atoms with E-state index in [0.29, 0.717) is 53.9 Å². The number of nitrogens with zero attached hydrogens (tertiary/aromatic N) is 5. The molecule has 2 amide bonds. The smallest absolute Gasteiger partial charge is 0.407 e. The van der Waals surface area contributed by atoms with Gasteiger partial charge in [-0.15, -0.1) is 0 Å². The van der Waals surface area contributed by atoms with E-state index < -0.39 is 26.8 Å². The molecule has 252 valence electrons. The molecule has 1 N–H and O–H groups in total. The monoisotopic (exact) mass is 664 g/mol. The zero-order valence-electron chi connectivity index (χ0n) is 28.2. The molecular formula is C34H44N6O6S. The van der Waals surface area contributed by atoms with Crippen LogP contribution in [0.5, 0.6) is 5.75 Å². The van der Waals surface area contributed by atoms with Gasteiger partial charge in [0.1, 0.15) is 22.5 Å². The van der Waals surface area contributed by atoms with Crippen LogP contribution in [0.3, 0.4) is 0 Å². The number of alkyl carbamates (subject to hydrolysis) is 1. The number of pyridine rings is 1. The average molecular weight is 665 g/mol. The SMILES string of the molecule is COc1cc(C(=O)N2CCC[C@@H](NC(=O)OC(C)(C)C)C2)cc2nc(-c3cc4ccc(S(=O)(=O)C(C)C)nc4n3CC3CC3)n(C)c12. The Morgan fingerprint density at radius 1 is 1.09 bits per heavy atom. The molecule has 2 fully saturated rings. The Balaban J connectivity index is 1.36. The lowest BCUT2D eigenvalue weighted by atomic mass is 10.0. The molecule has 1 aliphatic heterocycles. The van der Waals surface area contributed by atoms with E-state index in [4.69, 9.17) is 14.5 Å². The Kier molecular flexibility index (Phi) is 8.48. The molecule has 4 aromatic rings. The highest BCUT2D eigenvalue weighted by Gasteiger charge is 2.30. The Morgan fingerprint density at radius 3 is 2.49 bits per heavy atom. The first-order valence-electron chi connectivity index (χ1n) is 16.2. The van der Waals surface area contributed by atoms with Crippen LogP contribution in [0, 0.1) is 5.92 Å². The van der Waals surface area contributed by atoms with Crippen molar-refractivity contribution >= 4 is 43.9 Å². The van der Waals surface area contributed by atoms with Crippen LogP contribution in [-0.4, -0.2) is 81.5 Å². The molecule has 1 aromatic carbocycles. The minimum atomic E-state index is -3.55. The van der Waals surface area contributed by atoms with E-state index in [1.54, 1.807) is 44.1 Å². The highest BCUT2D eigenvalue weighted by Crippen LogP contribution is 2.38. The molecule has 4 heterocycles. The standard InChI is InChI=1S/C34H44N6O6S/c1-20(2)47(43,44)28-13-12-22-16-26(40(30(22)37-28)18-21-10-11-21)31-36-25-15-23(17-27(45-7)29(25)38(31)6)32(41)39-14-8-9-24(19-39)35-33(42)46-34(3,4)5/h12-13,15-17,20-21,24H,8-11,14,18-19H2,1-7H3,(H,35,42)/t24-/m1/s1. The second-order valence-electron chi connectivity index (χ2n) is 14.0. The summed E-state index contributed by atoms with van der Waals surface area (Å²) in [4.78, 5) is 37.7. The summed E-state index contributed by atoms with van der Waals surface area (Å²) >= 11 is 0. The molecule has 12 nitrogen and oxygen atoms in total. The summed E-state index contributed by atoms with van der Waals surface area (Å²) in [5.74, 6) is 1.50. The number of hydrogen-bond acceptors (Lipinski definition) is 8. The van der Waals surface area contributed by atoms with E-state index >= 15 is 0 Å². The Labute approximate surface area is 275 Å². The van der Waals surface area contributed by atoms with E-state index in [0.717, 1.165) is 42.3 Å². The fraction of sp³-hybridized carbons (Fsp3) is 0.529. The fourth-order valence-corrected chi connectivity index (χ4v) is 7.15. The molecule has 6 rings (SSSR count). The molecule has 0 bridgehead atoms. The number of fused-ring (bicyclic) bond motifs is 2. The van der Waals surface area contributed by atoms with Crippen molar-refractivity contribution in [2.45, 2.75) is 88.8 Å². The van der Waals surface area contributed by atoms with Gasteiger partial charge < -0.3 is 28.8 Å². The number of amides is 2. The van der Waals surface area contributed by atoms with Crippen molar-refractivity contribution in [3.05, 3.63) is 35.9 Å². The molecule has 47 heavy (non-hydrogen) atoms. The number of ether oxygens (including phenoxy) is 2. The first-order valence-corrected chi connectivity index (χ1v) is 17.8. The van der Waals surface area contributed by atoms with Crippen molar-refractivity contribution in [1.29, 1.82) is 0 Å². The number of sulfone groups is 1. The van der Waals surface area contributed by atoms with Gasteiger partial charge in [-0.05, 0) is 96.6 Å². The molecule has 13 heteroatoms. The summed E-state index contributed by atoms with van der Waals surface area (Å²) in [5.41, 5.74) is 2.61. The quantitative estimate of drug-likeness (QED) is 0.267. The molecule has 1 aliphatic carbocycles. The normalized spacial score (nSPS) is 17.4. The van der Waals surface area contributed by atoms with Gasteiger partial charge in [0.2, 0.25) is 0 Å². The second-order valence-corrected chi connectivity index (χ2v) is 16.5. The van der Waals surface area contributed by atoms with E-state index in [-0.39, 0.29) is 17.0 Å². The van der Waals surface area contributed by atoms with Gasteiger partial charge in [-0.1, -0.05) is 0 Å². The minimum Gasteiger partial charge on any atom is -0.494 e. The maximum absolute atomic E-state index is 13.8. The van der Waals surface area contributed by atoms with Crippen LogP contribution in [0.25, 0.3) is 33.6 Å². The van der Waals surface area contributed by atoms with Crippen LogP contribution in [0.2, 0.25) is 0 Å². The van der Waals surface area contributed by atoms with Crippen LogP contribution in [-0.2, 0) is 28.2 Å². The Bertz CT molecular complexity index is 1970. The third-order valence-corrected chi connectivity index (χ3v) is 10.9. The molecule has 1 saturated carbocycles. The summed E-state index contributed by atoms with van der Waals surface area (Å²) in [5, 5.41) is 3.22. The Morgan fingerprint density at radius 2 is 1.83 bits per heavy atom. The fourth-order valence-electron chi connectivity index (χ4n) is 6.19. The first-order chi connectivity index (χ1) is 22.2. The number of aromatic nitrogens is 4. The van der Waals surface area contributed by atoms with Crippen molar-refractivity contribution < 1.29 is 27.5 Å². The van der Waals surface area contributed by atoms with Crippen LogP contribution >= 0.6 is 0 Å². The number of carbonyl (C=O) groups is 2. The van der Waals surface area contributed by atoms with Crippen LogP contribution in [0.15, 0.2) is 35.4 Å². The van der Waals surface area contributed by atoms with Gasteiger partial charge in [-0.3, -0.25) is 4.79 Å². The van der Waals surface area contributed by atoms with Crippen molar-refractivity contribution in [1.82, 2.24) is 29.3 Å². The predicted octanol–water partition coefficient (Wildman–Crippen LogP) is 5.32. The topological polar surface area (TPSA) is 138 Å². The van der Waals surface area contributed by atoms with Gasteiger partial charge in [0.15, 0.2) is 20.7 Å². The molecule has 0 radical (unpaired) electrons. The first kappa shape index (κ1) is 32.8. The summed E-state index contributed by atoms with van der Waals surface area (Å²) in [6.45, 7) is 10.4. The molecule has 1 atom stereocenters. The van der Waals surface area contributed by atoms with E-state index in [9.17, 15) is 18.0 Å². The number of benzene rings is 1. The number of rotatable bonds is 8. The summed E-state index contributed by atoms with van der Waals surface area (Å²) in [6.07, 6.45) is 3.22. The van der Waals surface area contributed by atoms with Crippen molar-refractivity contribution in [2.75, 3.05) is 20.2 Å². The summed E-state index contributed by atoms with van der Waals surface area (Å²) in [7, 11) is -0.0733. The largest absolute Gasteiger partial charge is 0.494 e. The number of carbonyl (C=O) groups excluding carboxylic acids is 2. The predicted molar refractivity (Wildman–Crippen MR) is 179 cm³/mol. The Hall–Kier alpha value is -4.13. The van der Waals surface area contributed by atoms with E-state index in [1.807, 2.05) is 44.5 Å². The van der Waals surface area contributed by atoms with Crippen LogP contribution < -0.4 is 10.1 Å². The lowest BCUT2D eigenvalue weighted by Gasteiger charge is -2.33. The van der Waals surface area contributed by atoms with Gasteiger partial charge in [-0.2, -0.15) is 0 Å². The maximum Gasteiger partial charge on any atom is 0.407 e. The molecule has 0 spiro atoms. The highest BCUT2D eigenvalue weighted by molar-refractivity contribution is 7.91. The number of aryl methyl sites for hydroxylation is 1. The zero-order valence-corrected chi connectivity index (χ0v) is 29.0. The molecule has 0 unspecified atom stereocenters. The van der Waals surface area contributed by atoms with Gasteiger partial charge in [0, 0.05) is 43.7 Å². The van der Waals surface area contributed by atoms with Crippen LogP contribution in [0.4, 0.5) is 4.79 Å². The molecule has 1 saturated heterocycles. The van der Waals surface area contributed by atoms with Gasteiger partial charge in [-0.25, -0.2) is 23.2 Å². The minimum absolute atomic E-state index is 0.0674. The van der Waals surface area contributed by atoms with Crippen LogP contribution in [0.1, 0.15) is 70.7 Å². The number of nitrogens with one attached hydrogen (secondary N) is 1. The van der Waals surface area contributed by atoms with Crippen molar-refractivity contribution in [3.63, 3.8) is 0 Å². The maximum atomic E-state index is 13.8. The van der Waals surface area contributed by atoms with Gasteiger partial charge >= 0.3 is 6.09 Å². The average Bonchev–Trinajstić information content (AvgIpc) is 3.68. The molecule has 2 aliphatic rings. The number of methoxy groups -OCH3 is 1. The number of piperidine rings is 1. The zero-order chi connectivity index (χ0) is 33.8. The van der Waals surface area contributed by atoms with Gasteiger partial charge in [0.05, 0.1) is 23.6 Å². The van der Waals surface area contributed by atoms with Crippen molar-refractivity contribution in [3.8, 4) is 17.3 Å². The van der Waals surface area contributed by atoms with Gasteiger partial charge in [0.25, 0.3) is 5.91 Å². The van der Waals surface area contributed by atoms with Crippen molar-refractivity contribution in [2.24, 2.45) is 13.0 Å².